The summed E-state index contributed by atoms with van der Waals surface area (Å²) >= 11 is 3.30. The highest BCUT2D eigenvalue weighted by Crippen LogP contribution is 2.36. The fraction of sp³-hybridized carbons (Fsp3) is 0.857. The van der Waals surface area contributed by atoms with Crippen molar-refractivity contribution in [2.24, 2.45) is 0 Å². The van der Waals surface area contributed by atoms with E-state index in [0.717, 1.165) is 36.6 Å². The first-order valence-electron chi connectivity index (χ1n) is 7.18. The predicted molar refractivity (Wildman–Crippen MR) is 94.8 cm³/mol. The van der Waals surface area contributed by atoms with Crippen LogP contribution in [0.4, 0.5) is 0 Å². The summed E-state index contributed by atoms with van der Waals surface area (Å²) < 4.78 is 33.2. The number of rotatable bonds is 9. The van der Waals surface area contributed by atoms with Crippen molar-refractivity contribution in [1.82, 2.24) is 0 Å². The Morgan fingerprint density at radius 3 is 2.29 bits per heavy atom. The van der Waals surface area contributed by atoms with E-state index < -0.39 is 18.4 Å². The molecule has 0 aliphatic carbocycles. The van der Waals surface area contributed by atoms with Crippen molar-refractivity contribution in [2.45, 2.75) is 58.2 Å². The van der Waals surface area contributed by atoms with E-state index in [1.54, 1.807) is 0 Å². The molecule has 0 radical (unpaired) electrons. The Balaban J connectivity index is 3.87. The summed E-state index contributed by atoms with van der Waals surface area (Å²) in [5.41, 5.74) is 0. The van der Waals surface area contributed by atoms with Crippen LogP contribution in [0.25, 0.3) is 0 Å². The van der Waals surface area contributed by atoms with Crippen molar-refractivity contribution in [3.63, 3.8) is 0 Å². The van der Waals surface area contributed by atoms with Gasteiger partial charge in [-0.15, -0.1) is 0 Å². The third kappa shape index (κ3) is 10.6. The Labute approximate surface area is 139 Å². The lowest BCUT2D eigenvalue weighted by molar-refractivity contribution is 0.279. The van der Waals surface area contributed by atoms with Gasteiger partial charge in [-0.3, -0.25) is 4.18 Å². The smallest absolute Gasteiger partial charge is 0.264 e. The van der Waals surface area contributed by atoms with Gasteiger partial charge in [0.1, 0.15) is 0 Å². The second-order valence-corrected chi connectivity index (χ2v) is 14.2. The monoisotopic (exact) mass is 400 g/mol. The highest BCUT2D eigenvalue weighted by molar-refractivity contribution is 9.11. The number of halogens is 1. The van der Waals surface area contributed by atoms with Crippen LogP contribution in [-0.2, 0) is 18.7 Å². The summed E-state index contributed by atoms with van der Waals surface area (Å²) in [7, 11) is -5.01. The van der Waals surface area contributed by atoms with E-state index >= 15 is 0 Å². The molecule has 0 spiro atoms. The lowest BCUT2D eigenvalue weighted by Gasteiger charge is -2.36. The maximum absolute atomic E-state index is 10.8. The van der Waals surface area contributed by atoms with Crippen LogP contribution in [0.3, 0.4) is 0 Å². The first kappa shape index (κ1) is 21.3. The molecular weight excluding hydrogens is 372 g/mol. The zero-order chi connectivity index (χ0) is 16.7. The van der Waals surface area contributed by atoms with Gasteiger partial charge in [-0.05, 0) is 37.4 Å². The topological polar surface area (TPSA) is 52.6 Å². The summed E-state index contributed by atoms with van der Waals surface area (Å²) in [6.07, 6.45) is 5.91. The Morgan fingerprint density at radius 1 is 1.24 bits per heavy atom. The van der Waals surface area contributed by atoms with Crippen LogP contribution in [-0.4, -0.2) is 36.2 Å². The Morgan fingerprint density at radius 2 is 1.81 bits per heavy atom. The number of hydrogen-bond donors (Lipinski definition) is 0. The van der Waals surface area contributed by atoms with Crippen molar-refractivity contribution < 1.29 is 17.0 Å². The fourth-order valence-corrected chi connectivity index (χ4v) is 3.19. The summed E-state index contributed by atoms with van der Waals surface area (Å²) in [4.78, 5) is 0. The van der Waals surface area contributed by atoms with Gasteiger partial charge in [-0.1, -0.05) is 42.8 Å². The standard InChI is InChI=1S/C14H29BrO4SSi/c1-14(2,3)21(5,6)19-11-9-7-8-10-13(15)12-18-20(4,16)17/h10H,7-9,11-12H2,1-6H3. The van der Waals surface area contributed by atoms with Crippen molar-refractivity contribution in [1.29, 1.82) is 0 Å². The largest absolute Gasteiger partial charge is 0.417 e. The third-order valence-corrected chi connectivity index (χ3v) is 9.28. The van der Waals surface area contributed by atoms with E-state index in [2.05, 4.69) is 54.0 Å². The van der Waals surface area contributed by atoms with Crippen molar-refractivity contribution >= 4 is 34.4 Å². The molecule has 0 aromatic carbocycles. The minimum atomic E-state index is -3.38. The molecule has 0 rings (SSSR count). The maximum Gasteiger partial charge on any atom is 0.264 e. The van der Waals surface area contributed by atoms with Crippen molar-refractivity contribution in [2.75, 3.05) is 19.5 Å². The van der Waals surface area contributed by atoms with Gasteiger partial charge in [-0.25, -0.2) is 0 Å². The second kappa shape index (κ2) is 8.81. The SMILES string of the molecule is CC(C)(C)[Si](C)(C)OCCCCC=C(Br)COS(C)(=O)=O. The highest BCUT2D eigenvalue weighted by Gasteiger charge is 2.36. The lowest BCUT2D eigenvalue weighted by Crippen LogP contribution is -2.40. The number of allylic oxidation sites excluding steroid dienone is 1. The van der Waals surface area contributed by atoms with E-state index in [-0.39, 0.29) is 11.6 Å². The van der Waals surface area contributed by atoms with Crippen LogP contribution < -0.4 is 0 Å². The van der Waals surface area contributed by atoms with E-state index in [1.807, 2.05) is 6.08 Å². The summed E-state index contributed by atoms with van der Waals surface area (Å²) in [6, 6.07) is 0. The molecule has 0 heterocycles. The summed E-state index contributed by atoms with van der Waals surface area (Å²) in [5.74, 6) is 0. The zero-order valence-corrected chi connectivity index (χ0v) is 17.4. The molecule has 0 unspecified atom stereocenters. The van der Waals surface area contributed by atoms with Crippen LogP contribution in [0.5, 0.6) is 0 Å². The predicted octanol–water partition coefficient (Wildman–Crippen LogP) is 4.43. The van der Waals surface area contributed by atoms with E-state index in [4.69, 9.17) is 4.43 Å². The molecule has 21 heavy (non-hydrogen) atoms. The van der Waals surface area contributed by atoms with Gasteiger partial charge in [-0.2, -0.15) is 8.42 Å². The van der Waals surface area contributed by atoms with Gasteiger partial charge in [0.15, 0.2) is 8.32 Å². The van der Waals surface area contributed by atoms with Crippen LogP contribution in [0.2, 0.25) is 18.1 Å². The Bertz CT molecular complexity index is 438. The molecule has 4 nitrogen and oxygen atoms in total. The average Bonchev–Trinajstić information content (AvgIpc) is 2.28. The van der Waals surface area contributed by atoms with Crippen molar-refractivity contribution in [3.05, 3.63) is 10.6 Å². The minimum Gasteiger partial charge on any atom is -0.417 e. The van der Waals surface area contributed by atoms with Crippen LogP contribution in [0, 0.1) is 0 Å². The number of hydrogen-bond acceptors (Lipinski definition) is 4. The molecule has 0 amide bonds. The second-order valence-electron chi connectivity index (χ2n) is 6.72. The molecule has 0 aliphatic heterocycles. The van der Waals surface area contributed by atoms with E-state index in [1.165, 1.54) is 0 Å². The molecule has 7 heteroatoms. The molecule has 126 valence electrons. The molecule has 0 fully saturated rings. The first-order chi connectivity index (χ1) is 9.35. The van der Waals surface area contributed by atoms with Crippen LogP contribution >= 0.6 is 15.9 Å². The van der Waals surface area contributed by atoms with Gasteiger partial charge in [0.05, 0.1) is 12.9 Å². The maximum atomic E-state index is 10.8. The molecule has 0 N–H and O–H groups in total. The molecule has 0 atom stereocenters. The molecule has 0 saturated heterocycles. The first-order valence-corrected chi connectivity index (χ1v) is 12.7. The quantitative estimate of drug-likeness (QED) is 0.326. The lowest BCUT2D eigenvalue weighted by atomic mass is 10.2. The molecule has 0 aliphatic rings. The van der Waals surface area contributed by atoms with E-state index in [9.17, 15) is 8.42 Å². The normalized spacial score (nSPS) is 14.5. The van der Waals surface area contributed by atoms with Gasteiger partial charge < -0.3 is 4.43 Å². The summed E-state index contributed by atoms with van der Waals surface area (Å²) in [6.45, 7) is 12.1. The van der Waals surface area contributed by atoms with Crippen LogP contribution in [0.15, 0.2) is 10.6 Å². The zero-order valence-electron chi connectivity index (χ0n) is 14.0. The van der Waals surface area contributed by atoms with Gasteiger partial charge in [0.25, 0.3) is 10.1 Å². The van der Waals surface area contributed by atoms with Crippen LogP contribution in [0.1, 0.15) is 40.0 Å². The third-order valence-electron chi connectivity index (χ3n) is 3.64. The average molecular weight is 401 g/mol. The molecule has 0 aromatic rings. The molecular formula is C14H29BrO4SSi. The van der Waals surface area contributed by atoms with Gasteiger partial charge >= 0.3 is 0 Å². The van der Waals surface area contributed by atoms with E-state index in [0.29, 0.717) is 0 Å². The number of unbranched alkanes of at least 4 members (excludes halogenated alkanes) is 2. The highest BCUT2D eigenvalue weighted by atomic mass is 79.9. The minimum absolute atomic E-state index is 0.0688. The van der Waals surface area contributed by atoms with Gasteiger partial charge in [0.2, 0.25) is 0 Å². The molecule has 0 saturated carbocycles. The summed E-state index contributed by atoms with van der Waals surface area (Å²) in [5, 5.41) is 0.249. The fourth-order valence-electron chi connectivity index (χ4n) is 1.27. The van der Waals surface area contributed by atoms with Gasteiger partial charge in [0, 0.05) is 11.1 Å². The molecule has 0 bridgehead atoms. The Kier molecular flexibility index (Phi) is 8.94. The Hall–Kier alpha value is 0.307. The van der Waals surface area contributed by atoms with Crippen molar-refractivity contribution in [3.8, 4) is 0 Å². The molecule has 0 aromatic heterocycles.